The molecular weight excluding hydrogens is 320 g/mol. The molecule has 1 aliphatic rings. The smallest absolute Gasteiger partial charge is 0.191 e. The average Bonchev–Trinajstić information content (AvgIpc) is 2.62. The van der Waals surface area contributed by atoms with Crippen LogP contribution in [0.4, 0.5) is 0 Å². The van der Waals surface area contributed by atoms with Gasteiger partial charge >= 0.3 is 0 Å². The zero-order valence-electron chi connectivity index (χ0n) is 14.8. The fraction of sp³-hybridized carbons (Fsp3) is 0.667. The standard InChI is InChI=1S/C18H30N4OS/c1-3-19-18(21-13-11-15-8-5-6-12-20-15)22-16-9-7-10-17(14-16)24(23)4-2/h5-6,8,12,16-17H,3-4,7,9-11,13-14H2,1-2H3,(H2,19,21,22). The van der Waals surface area contributed by atoms with Crippen molar-refractivity contribution >= 4 is 16.8 Å². The number of hydrogen-bond acceptors (Lipinski definition) is 3. The number of aliphatic imine (C=N–C) groups is 1. The minimum atomic E-state index is -0.692. The van der Waals surface area contributed by atoms with E-state index in [1.165, 1.54) is 0 Å². The van der Waals surface area contributed by atoms with Crippen LogP contribution in [-0.4, -0.2) is 45.3 Å². The fourth-order valence-corrected chi connectivity index (χ4v) is 4.44. The molecule has 0 amide bonds. The molecule has 0 radical (unpaired) electrons. The van der Waals surface area contributed by atoms with Crippen LogP contribution in [-0.2, 0) is 17.2 Å². The summed E-state index contributed by atoms with van der Waals surface area (Å²) in [6.45, 7) is 5.64. The minimum absolute atomic E-state index is 0.331. The predicted molar refractivity (Wildman–Crippen MR) is 102 cm³/mol. The van der Waals surface area contributed by atoms with Gasteiger partial charge in [-0.2, -0.15) is 0 Å². The molecule has 134 valence electrons. The molecule has 1 saturated carbocycles. The summed E-state index contributed by atoms with van der Waals surface area (Å²) in [5.74, 6) is 1.62. The molecule has 0 saturated heterocycles. The molecule has 0 aromatic carbocycles. The molecule has 2 N–H and O–H groups in total. The van der Waals surface area contributed by atoms with Gasteiger partial charge in [0.1, 0.15) is 0 Å². The van der Waals surface area contributed by atoms with E-state index in [1.807, 2.05) is 31.3 Å². The summed E-state index contributed by atoms with van der Waals surface area (Å²) in [7, 11) is -0.692. The van der Waals surface area contributed by atoms with Crippen LogP contribution >= 0.6 is 0 Å². The summed E-state index contributed by atoms with van der Waals surface area (Å²) in [5, 5.41) is 7.18. The Kier molecular flexibility index (Phi) is 8.22. The summed E-state index contributed by atoms with van der Waals surface area (Å²) < 4.78 is 12.1. The lowest BCUT2D eigenvalue weighted by Crippen LogP contribution is -2.46. The first-order valence-corrected chi connectivity index (χ1v) is 10.4. The van der Waals surface area contributed by atoms with Gasteiger partial charge in [-0.1, -0.05) is 19.4 Å². The average molecular weight is 351 g/mol. The van der Waals surface area contributed by atoms with Crippen LogP contribution < -0.4 is 10.6 Å². The van der Waals surface area contributed by atoms with E-state index in [4.69, 9.17) is 0 Å². The monoisotopic (exact) mass is 350 g/mol. The molecule has 6 heteroatoms. The number of nitrogens with one attached hydrogen (secondary N) is 2. The Morgan fingerprint density at radius 1 is 1.38 bits per heavy atom. The molecule has 1 fully saturated rings. The van der Waals surface area contributed by atoms with Gasteiger partial charge in [0, 0.05) is 59.2 Å². The lowest BCUT2D eigenvalue weighted by atomic mass is 9.95. The van der Waals surface area contributed by atoms with Gasteiger partial charge in [-0.25, -0.2) is 0 Å². The molecule has 1 aromatic heterocycles. The van der Waals surface area contributed by atoms with Crippen molar-refractivity contribution in [1.82, 2.24) is 15.6 Å². The lowest BCUT2D eigenvalue weighted by Gasteiger charge is -2.30. The van der Waals surface area contributed by atoms with Gasteiger partial charge in [0.05, 0.1) is 0 Å². The zero-order valence-corrected chi connectivity index (χ0v) is 15.6. The van der Waals surface area contributed by atoms with E-state index in [0.717, 1.165) is 56.1 Å². The van der Waals surface area contributed by atoms with Crippen molar-refractivity contribution in [3.05, 3.63) is 30.1 Å². The highest BCUT2D eigenvalue weighted by Gasteiger charge is 2.25. The number of nitrogens with zero attached hydrogens (tertiary/aromatic N) is 2. The number of pyridine rings is 1. The van der Waals surface area contributed by atoms with E-state index in [2.05, 4.69) is 27.5 Å². The Labute approximate surface area is 148 Å². The predicted octanol–water partition coefficient (Wildman–Crippen LogP) is 2.26. The van der Waals surface area contributed by atoms with Gasteiger partial charge in [-0.15, -0.1) is 0 Å². The maximum atomic E-state index is 12.1. The van der Waals surface area contributed by atoms with E-state index in [1.54, 1.807) is 0 Å². The molecule has 1 heterocycles. The molecule has 24 heavy (non-hydrogen) atoms. The molecule has 1 aromatic rings. The van der Waals surface area contributed by atoms with Crippen molar-refractivity contribution in [2.45, 2.75) is 57.2 Å². The van der Waals surface area contributed by atoms with Crippen molar-refractivity contribution in [3.8, 4) is 0 Å². The Morgan fingerprint density at radius 3 is 2.96 bits per heavy atom. The van der Waals surface area contributed by atoms with Crippen molar-refractivity contribution in [1.29, 1.82) is 0 Å². The van der Waals surface area contributed by atoms with Crippen LogP contribution in [0, 0.1) is 0 Å². The quantitative estimate of drug-likeness (QED) is 0.585. The van der Waals surface area contributed by atoms with Gasteiger partial charge in [-0.3, -0.25) is 14.2 Å². The normalized spacial score (nSPS) is 22.8. The fourth-order valence-electron chi connectivity index (χ4n) is 3.09. The Bertz CT molecular complexity index is 535. The second kappa shape index (κ2) is 10.4. The van der Waals surface area contributed by atoms with E-state index in [9.17, 15) is 4.21 Å². The highest BCUT2D eigenvalue weighted by molar-refractivity contribution is 7.85. The summed E-state index contributed by atoms with van der Waals surface area (Å²) >= 11 is 0. The van der Waals surface area contributed by atoms with E-state index >= 15 is 0 Å². The third-order valence-corrected chi connectivity index (χ3v) is 6.07. The van der Waals surface area contributed by atoms with Crippen molar-refractivity contribution in [2.24, 2.45) is 4.99 Å². The van der Waals surface area contributed by atoms with Gasteiger partial charge in [0.2, 0.25) is 0 Å². The molecule has 3 unspecified atom stereocenters. The van der Waals surface area contributed by atoms with Crippen LogP contribution in [0.15, 0.2) is 29.4 Å². The van der Waals surface area contributed by atoms with Crippen LogP contribution in [0.3, 0.4) is 0 Å². The number of guanidine groups is 1. The van der Waals surface area contributed by atoms with Crippen LogP contribution in [0.25, 0.3) is 0 Å². The first-order chi connectivity index (χ1) is 11.7. The largest absolute Gasteiger partial charge is 0.357 e. The van der Waals surface area contributed by atoms with E-state index in [-0.39, 0.29) is 0 Å². The van der Waals surface area contributed by atoms with Crippen molar-refractivity contribution < 1.29 is 4.21 Å². The lowest BCUT2D eigenvalue weighted by molar-refractivity contribution is 0.413. The van der Waals surface area contributed by atoms with Crippen LogP contribution in [0.1, 0.15) is 45.2 Å². The number of hydrogen-bond donors (Lipinski definition) is 2. The molecule has 5 nitrogen and oxygen atoms in total. The molecule has 0 aliphatic heterocycles. The Balaban J connectivity index is 1.87. The topological polar surface area (TPSA) is 66.4 Å². The molecule has 0 spiro atoms. The molecule has 1 aliphatic carbocycles. The van der Waals surface area contributed by atoms with Gasteiger partial charge in [0.25, 0.3) is 0 Å². The third kappa shape index (κ3) is 6.23. The number of rotatable bonds is 7. The van der Waals surface area contributed by atoms with Crippen molar-refractivity contribution in [3.63, 3.8) is 0 Å². The van der Waals surface area contributed by atoms with Gasteiger partial charge < -0.3 is 10.6 Å². The Morgan fingerprint density at radius 2 is 2.25 bits per heavy atom. The van der Waals surface area contributed by atoms with Crippen LogP contribution in [0.5, 0.6) is 0 Å². The van der Waals surface area contributed by atoms with Crippen LogP contribution in [0.2, 0.25) is 0 Å². The van der Waals surface area contributed by atoms with E-state index in [0.29, 0.717) is 17.8 Å². The second-order valence-corrected chi connectivity index (χ2v) is 8.14. The maximum absolute atomic E-state index is 12.1. The molecular formula is C18H30N4OS. The number of aromatic nitrogens is 1. The van der Waals surface area contributed by atoms with Gasteiger partial charge in [0.15, 0.2) is 5.96 Å². The maximum Gasteiger partial charge on any atom is 0.191 e. The Hall–Kier alpha value is -1.43. The first kappa shape index (κ1) is 18.9. The molecule has 3 atom stereocenters. The van der Waals surface area contributed by atoms with Gasteiger partial charge in [-0.05, 0) is 38.3 Å². The van der Waals surface area contributed by atoms with Crippen molar-refractivity contribution in [2.75, 3.05) is 18.8 Å². The SMILES string of the molecule is CCNC(=NCCc1ccccn1)NC1CCCC(S(=O)CC)C1. The highest BCUT2D eigenvalue weighted by Crippen LogP contribution is 2.22. The zero-order chi connectivity index (χ0) is 17.2. The summed E-state index contributed by atoms with van der Waals surface area (Å²) in [4.78, 5) is 9.00. The highest BCUT2D eigenvalue weighted by atomic mass is 32.2. The van der Waals surface area contributed by atoms with E-state index < -0.39 is 10.8 Å². The first-order valence-electron chi connectivity index (χ1n) is 9.04. The summed E-state index contributed by atoms with van der Waals surface area (Å²) in [5.41, 5.74) is 1.06. The third-order valence-electron chi connectivity index (χ3n) is 4.33. The summed E-state index contributed by atoms with van der Waals surface area (Å²) in [6.07, 6.45) is 6.99. The molecule has 0 bridgehead atoms. The molecule has 2 rings (SSSR count). The second-order valence-electron chi connectivity index (χ2n) is 6.13. The summed E-state index contributed by atoms with van der Waals surface area (Å²) in [6, 6.07) is 6.33. The minimum Gasteiger partial charge on any atom is -0.357 e.